The highest BCUT2D eigenvalue weighted by molar-refractivity contribution is 7.90. The molecule has 0 radical (unpaired) electrons. The third-order valence-electron chi connectivity index (χ3n) is 2.05. The molecule has 0 saturated carbocycles. The Bertz CT molecular complexity index is 372. The Morgan fingerprint density at radius 1 is 1.56 bits per heavy atom. The van der Waals surface area contributed by atoms with Gasteiger partial charge < -0.3 is 10.6 Å². The van der Waals surface area contributed by atoms with E-state index in [0.29, 0.717) is 6.54 Å². The molecule has 0 fully saturated rings. The predicted octanol–water partition coefficient (Wildman–Crippen LogP) is -0.880. The van der Waals surface area contributed by atoms with Crippen LogP contribution in [0.1, 0.15) is 12.8 Å². The number of carbonyl (C=O) groups excluding carboxylic acids is 1. The fraction of sp³-hybridized carbons (Fsp3) is 0.778. The summed E-state index contributed by atoms with van der Waals surface area (Å²) in [5, 5.41) is 8.35. The molecule has 0 rings (SSSR count). The van der Waals surface area contributed by atoms with Crippen LogP contribution in [-0.2, 0) is 14.6 Å². The molecule has 0 aromatic carbocycles. The number of carbonyl (C=O) groups is 1. The van der Waals surface area contributed by atoms with E-state index in [0.717, 1.165) is 6.26 Å². The van der Waals surface area contributed by atoms with Crippen molar-refractivity contribution >= 4 is 15.7 Å². The molecule has 1 atom stereocenters. The minimum atomic E-state index is -3.10. The molecular formula is C9H17N3O3S. The molecule has 0 aliphatic heterocycles. The molecular weight excluding hydrogens is 230 g/mol. The van der Waals surface area contributed by atoms with Gasteiger partial charge >= 0.3 is 0 Å². The van der Waals surface area contributed by atoms with Crippen LogP contribution in [0.2, 0.25) is 0 Å². The highest BCUT2D eigenvalue weighted by Gasteiger charge is 2.19. The van der Waals surface area contributed by atoms with Gasteiger partial charge in [-0.05, 0) is 6.42 Å². The largest absolute Gasteiger partial charge is 0.343 e. The predicted molar refractivity (Wildman–Crippen MR) is 60.2 cm³/mol. The molecule has 0 aliphatic carbocycles. The van der Waals surface area contributed by atoms with Gasteiger partial charge in [0.15, 0.2) is 0 Å². The van der Waals surface area contributed by atoms with Crippen LogP contribution < -0.4 is 5.73 Å². The summed E-state index contributed by atoms with van der Waals surface area (Å²) in [6, 6.07) is 1.10. The Morgan fingerprint density at radius 3 is 2.56 bits per heavy atom. The maximum atomic E-state index is 11.6. The zero-order valence-electron chi connectivity index (χ0n) is 9.51. The average Bonchev–Trinajstić information content (AvgIpc) is 2.20. The van der Waals surface area contributed by atoms with Crippen LogP contribution in [-0.4, -0.2) is 50.9 Å². The first-order valence-corrected chi connectivity index (χ1v) is 6.89. The Hall–Kier alpha value is -1.13. The van der Waals surface area contributed by atoms with Crippen LogP contribution in [0.15, 0.2) is 0 Å². The van der Waals surface area contributed by atoms with Gasteiger partial charge in [0.05, 0.1) is 24.3 Å². The molecule has 7 heteroatoms. The van der Waals surface area contributed by atoms with E-state index in [1.807, 2.05) is 6.07 Å². The van der Waals surface area contributed by atoms with E-state index >= 15 is 0 Å². The second-order valence-electron chi connectivity index (χ2n) is 3.69. The van der Waals surface area contributed by atoms with Gasteiger partial charge in [-0.15, -0.1) is 0 Å². The lowest BCUT2D eigenvalue weighted by atomic mass is 10.2. The molecule has 0 aliphatic rings. The van der Waals surface area contributed by atoms with Gasteiger partial charge in [0, 0.05) is 19.8 Å². The topological polar surface area (TPSA) is 104 Å². The van der Waals surface area contributed by atoms with Crippen LogP contribution in [0.3, 0.4) is 0 Å². The second kappa shape index (κ2) is 6.45. The molecule has 0 saturated heterocycles. The lowest BCUT2D eigenvalue weighted by molar-refractivity contribution is -0.131. The number of amides is 1. The van der Waals surface area contributed by atoms with Crippen molar-refractivity contribution < 1.29 is 13.2 Å². The van der Waals surface area contributed by atoms with Crippen LogP contribution in [0.25, 0.3) is 0 Å². The summed E-state index contributed by atoms with van der Waals surface area (Å²) in [6.45, 7) is 0.307. The molecule has 6 nitrogen and oxygen atoms in total. The van der Waals surface area contributed by atoms with E-state index in [2.05, 4.69) is 0 Å². The summed E-state index contributed by atoms with van der Waals surface area (Å²) in [5.74, 6) is -0.440. The SMILES string of the molecule is CN(CCC#N)C(=O)C(N)CCS(C)(=O)=O. The zero-order chi connectivity index (χ0) is 12.8. The first kappa shape index (κ1) is 14.9. The number of sulfone groups is 1. The number of nitrogens with two attached hydrogens (primary N) is 1. The standard InChI is InChI=1S/C9H17N3O3S/c1-12(6-3-5-10)9(13)8(11)4-7-16(2,14)15/h8H,3-4,6-7,11H2,1-2H3. The molecule has 0 bridgehead atoms. The van der Waals surface area contributed by atoms with Gasteiger partial charge in [0.25, 0.3) is 0 Å². The highest BCUT2D eigenvalue weighted by Crippen LogP contribution is 1.99. The van der Waals surface area contributed by atoms with Crippen molar-refractivity contribution in [2.24, 2.45) is 5.73 Å². The third kappa shape index (κ3) is 6.37. The van der Waals surface area contributed by atoms with Crippen molar-refractivity contribution in [3.05, 3.63) is 0 Å². The van der Waals surface area contributed by atoms with Crippen LogP contribution in [0, 0.1) is 11.3 Å². The smallest absolute Gasteiger partial charge is 0.239 e. The fourth-order valence-electron chi connectivity index (χ4n) is 1.08. The van der Waals surface area contributed by atoms with E-state index in [-0.39, 0.29) is 24.5 Å². The summed E-state index contributed by atoms with van der Waals surface area (Å²) in [7, 11) is -1.56. The molecule has 0 heterocycles. The fourth-order valence-corrected chi connectivity index (χ4v) is 1.76. The summed E-state index contributed by atoms with van der Waals surface area (Å²) < 4.78 is 21.8. The van der Waals surface area contributed by atoms with E-state index in [1.165, 1.54) is 4.90 Å². The number of hydrogen-bond donors (Lipinski definition) is 1. The average molecular weight is 247 g/mol. The lowest BCUT2D eigenvalue weighted by Gasteiger charge is -2.19. The number of nitriles is 1. The summed E-state index contributed by atoms with van der Waals surface area (Å²) in [4.78, 5) is 12.9. The molecule has 92 valence electrons. The minimum absolute atomic E-state index is 0.105. The number of nitrogens with zero attached hydrogens (tertiary/aromatic N) is 2. The number of rotatable bonds is 6. The maximum absolute atomic E-state index is 11.6. The third-order valence-corrected chi connectivity index (χ3v) is 3.03. The van der Waals surface area contributed by atoms with Crippen molar-refractivity contribution in [2.45, 2.75) is 18.9 Å². The van der Waals surface area contributed by atoms with E-state index in [1.54, 1.807) is 7.05 Å². The zero-order valence-corrected chi connectivity index (χ0v) is 10.3. The van der Waals surface area contributed by atoms with Crippen LogP contribution in [0.5, 0.6) is 0 Å². The van der Waals surface area contributed by atoms with Gasteiger partial charge in [0.1, 0.15) is 9.84 Å². The Labute approximate surface area is 95.9 Å². The Morgan fingerprint density at radius 2 is 2.12 bits per heavy atom. The first-order chi connectivity index (χ1) is 7.28. The van der Waals surface area contributed by atoms with Gasteiger partial charge in [-0.1, -0.05) is 0 Å². The summed E-state index contributed by atoms with van der Waals surface area (Å²) in [6.07, 6.45) is 1.44. The second-order valence-corrected chi connectivity index (χ2v) is 5.95. The molecule has 0 aromatic heterocycles. The molecule has 0 aromatic rings. The van der Waals surface area contributed by atoms with Gasteiger partial charge in [-0.2, -0.15) is 5.26 Å². The molecule has 2 N–H and O–H groups in total. The summed E-state index contributed by atoms with van der Waals surface area (Å²) in [5.41, 5.74) is 5.56. The first-order valence-electron chi connectivity index (χ1n) is 4.83. The number of hydrogen-bond acceptors (Lipinski definition) is 5. The van der Waals surface area contributed by atoms with Crippen molar-refractivity contribution in [2.75, 3.05) is 25.6 Å². The number of likely N-dealkylation sites (N-methyl/N-ethyl adjacent to an activating group) is 1. The van der Waals surface area contributed by atoms with E-state index in [4.69, 9.17) is 11.0 Å². The van der Waals surface area contributed by atoms with Crippen molar-refractivity contribution in [3.63, 3.8) is 0 Å². The van der Waals surface area contributed by atoms with Crippen molar-refractivity contribution in [1.29, 1.82) is 5.26 Å². The van der Waals surface area contributed by atoms with Crippen LogP contribution in [0.4, 0.5) is 0 Å². The normalized spacial score (nSPS) is 12.9. The Balaban J connectivity index is 4.13. The van der Waals surface area contributed by atoms with Crippen molar-refractivity contribution in [3.8, 4) is 6.07 Å². The van der Waals surface area contributed by atoms with Crippen molar-refractivity contribution in [1.82, 2.24) is 4.90 Å². The van der Waals surface area contributed by atoms with Gasteiger partial charge in [-0.25, -0.2) is 8.42 Å². The highest BCUT2D eigenvalue weighted by atomic mass is 32.2. The van der Waals surface area contributed by atoms with E-state index < -0.39 is 15.9 Å². The van der Waals surface area contributed by atoms with Gasteiger partial charge in [0.2, 0.25) is 5.91 Å². The molecule has 1 amide bonds. The summed E-state index contributed by atoms with van der Waals surface area (Å²) >= 11 is 0. The molecule has 16 heavy (non-hydrogen) atoms. The van der Waals surface area contributed by atoms with E-state index in [9.17, 15) is 13.2 Å². The molecule has 0 spiro atoms. The minimum Gasteiger partial charge on any atom is -0.343 e. The maximum Gasteiger partial charge on any atom is 0.239 e. The quantitative estimate of drug-likeness (QED) is 0.656. The molecule has 1 unspecified atom stereocenters. The Kier molecular flexibility index (Phi) is 6.00. The lowest BCUT2D eigenvalue weighted by Crippen LogP contribution is -2.43. The van der Waals surface area contributed by atoms with Crippen LogP contribution >= 0.6 is 0 Å². The van der Waals surface area contributed by atoms with Gasteiger partial charge in [-0.3, -0.25) is 4.79 Å². The monoisotopic (exact) mass is 247 g/mol.